The molecule has 2 rings (SSSR count). The van der Waals surface area contributed by atoms with Crippen LogP contribution in [0, 0.1) is 17.8 Å². The Kier molecular flexibility index (Phi) is 3.68. The molecule has 0 aromatic heterocycles. The summed E-state index contributed by atoms with van der Waals surface area (Å²) in [5.41, 5.74) is 0. The van der Waals surface area contributed by atoms with E-state index >= 15 is 0 Å². The molecule has 0 aliphatic carbocycles. The minimum absolute atomic E-state index is 0.756. The van der Waals surface area contributed by atoms with Crippen LogP contribution in [-0.2, 0) is 0 Å². The molecule has 0 aromatic rings. The molecule has 4 atom stereocenters. The van der Waals surface area contributed by atoms with Gasteiger partial charge in [0.15, 0.2) is 0 Å². The number of piperidine rings is 1. The van der Waals surface area contributed by atoms with E-state index in [2.05, 4.69) is 31.0 Å². The van der Waals surface area contributed by atoms with Crippen LogP contribution in [-0.4, -0.2) is 37.1 Å². The van der Waals surface area contributed by atoms with E-state index in [1.54, 1.807) is 0 Å². The summed E-state index contributed by atoms with van der Waals surface area (Å²) in [7, 11) is 0. The molecule has 2 heteroatoms. The monoisotopic (exact) mass is 210 g/mol. The van der Waals surface area contributed by atoms with Crippen LogP contribution < -0.4 is 5.32 Å². The lowest BCUT2D eigenvalue weighted by atomic mass is 9.94. The van der Waals surface area contributed by atoms with E-state index in [4.69, 9.17) is 0 Å². The van der Waals surface area contributed by atoms with Gasteiger partial charge in [0.1, 0.15) is 0 Å². The zero-order valence-corrected chi connectivity index (χ0v) is 10.5. The summed E-state index contributed by atoms with van der Waals surface area (Å²) in [5, 5.41) is 3.66. The summed E-state index contributed by atoms with van der Waals surface area (Å²) in [6.07, 6.45) is 2.74. The molecule has 1 N–H and O–H groups in total. The second-order valence-corrected chi connectivity index (χ2v) is 5.95. The zero-order chi connectivity index (χ0) is 10.8. The van der Waals surface area contributed by atoms with Gasteiger partial charge in [0.05, 0.1) is 0 Å². The van der Waals surface area contributed by atoms with Crippen molar-refractivity contribution in [3.8, 4) is 0 Å². The van der Waals surface area contributed by atoms with Gasteiger partial charge in [-0.3, -0.25) is 0 Å². The van der Waals surface area contributed by atoms with E-state index in [0.717, 1.165) is 23.8 Å². The van der Waals surface area contributed by atoms with Crippen LogP contribution in [0.25, 0.3) is 0 Å². The van der Waals surface area contributed by atoms with Gasteiger partial charge in [0.25, 0.3) is 0 Å². The summed E-state index contributed by atoms with van der Waals surface area (Å²) in [4.78, 5) is 2.66. The van der Waals surface area contributed by atoms with Crippen LogP contribution in [0.4, 0.5) is 0 Å². The first-order chi connectivity index (χ1) is 7.15. The van der Waals surface area contributed by atoms with Crippen molar-refractivity contribution in [2.24, 2.45) is 17.8 Å². The molecular formula is C13H26N2. The maximum absolute atomic E-state index is 3.66. The van der Waals surface area contributed by atoms with E-state index in [9.17, 15) is 0 Å². The Labute approximate surface area is 94.4 Å². The summed E-state index contributed by atoms with van der Waals surface area (Å²) >= 11 is 0. The van der Waals surface area contributed by atoms with Crippen LogP contribution in [0.2, 0.25) is 0 Å². The van der Waals surface area contributed by atoms with Crippen molar-refractivity contribution >= 4 is 0 Å². The molecular weight excluding hydrogens is 184 g/mol. The largest absolute Gasteiger partial charge is 0.313 e. The summed E-state index contributed by atoms with van der Waals surface area (Å²) < 4.78 is 0. The molecule has 88 valence electrons. The van der Waals surface area contributed by atoms with Crippen molar-refractivity contribution in [2.75, 3.05) is 26.2 Å². The minimum Gasteiger partial charge on any atom is -0.313 e. The third-order valence-electron chi connectivity index (χ3n) is 4.30. The minimum atomic E-state index is 0.756. The lowest BCUT2D eigenvalue weighted by Gasteiger charge is -2.31. The summed E-state index contributed by atoms with van der Waals surface area (Å²) in [6, 6.07) is 0.756. The van der Waals surface area contributed by atoms with Crippen molar-refractivity contribution in [3.63, 3.8) is 0 Å². The number of likely N-dealkylation sites (tertiary alicyclic amines) is 1. The zero-order valence-electron chi connectivity index (χ0n) is 10.5. The second kappa shape index (κ2) is 4.84. The highest BCUT2D eigenvalue weighted by Crippen LogP contribution is 2.23. The molecule has 0 amide bonds. The van der Waals surface area contributed by atoms with Gasteiger partial charge in [-0.2, -0.15) is 0 Å². The fraction of sp³-hybridized carbons (Fsp3) is 1.00. The number of nitrogens with zero attached hydrogens (tertiary/aromatic N) is 1. The quantitative estimate of drug-likeness (QED) is 0.749. The molecule has 2 aliphatic rings. The predicted molar refractivity (Wildman–Crippen MR) is 65.0 cm³/mol. The van der Waals surface area contributed by atoms with E-state index in [0.29, 0.717) is 0 Å². The molecule has 2 saturated heterocycles. The van der Waals surface area contributed by atoms with Crippen LogP contribution in [0.15, 0.2) is 0 Å². The lowest BCUT2D eigenvalue weighted by Crippen LogP contribution is -2.45. The Hall–Kier alpha value is -0.0800. The molecule has 0 bridgehead atoms. The van der Waals surface area contributed by atoms with Crippen LogP contribution in [0.3, 0.4) is 0 Å². The van der Waals surface area contributed by atoms with Gasteiger partial charge in [0, 0.05) is 25.7 Å². The topological polar surface area (TPSA) is 15.3 Å². The number of hydrogen-bond donors (Lipinski definition) is 1. The fourth-order valence-corrected chi connectivity index (χ4v) is 3.07. The number of hydrogen-bond acceptors (Lipinski definition) is 2. The Morgan fingerprint density at radius 1 is 1.13 bits per heavy atom. The lowest BCUT2D eigenvalue weighted by molar-refractivity contribution is 0.229. The van der Waals surface area contributed by atoms with Gasteiger partial charge in [0.2, 0.25) is 0 Å². The molecule has 2 aliphatic heterocycles. The van der Waals surface area contributed by atoms with Gasteiger partial charge < -0.3 is 10.2 Å². The first-order valence-corrected chi connectivity index (χ1v) is 6.61. The van der Waals surface area contributed by atoms with Gasteiger partial charge in [-0.25, -0.2) is 0 Å². The molecule has 0 saturated carbocycles. The Morgan fingerprint density at radius 2 is 1.80 bits per heavy atom. The normalized spacial score (nSPS) is 43.4. The van der Waals surface area contributed by atoms with E-state index in [1.165, 1.54) is 39.0 Å². The molecule has 0 radical (unpaired) electrons. The van der Waals surface area contributed by atoms with Crippen molar-refractivity contribution < 1.29 is 0 Å². The predicted octanol–water partition coefficient (Wildman–Crippen LogP) is 1.96. The molecule has 0 aromatic carbocycles. The van der Waals surface area contributed by atoms with Crippen molar-refractivity contribution in [1.82, 2.24) is 10.2 Å². The highest BCUT2D eigenvalue weighted by Gasteiger charge is 2.28. The maximum Gasteiger partial charge on any atom is 0.0197 e. The standard InChI is InChI=1S/C13H26N2/c1-10-4-5-14-13(6-10)9-15-7-11(2)12(3)8-15/h10-14H,4-9H2,1-3H3. The highest BCUT2D eigenvalue weighted by molar-refractivity contribution is 4.84. The van der Waals surface area contributed by atoms with Gasteiger partial charge in [-0.1, -0.05) is 20.8 Å². The van der Waals surface area contributed by atoms with E-state index < -0.39 is 0 Å². The smallest absolute Gasteiger partial charge is 0.0197 e. The van der Waals surface area contributed by atoms with E-state index in [-0.39, 0.29) is 0 Å². The molecule has 0 spiro atoms. The molecule has 2 heterocycles. The fourth-order valence-electron chi connectivity index (χ4n) is 3.07. The SMILES string of the molecule is CC1CCNC(CN2CC(C)C(C)C2)C1. The number of nitrogens with one attached hydrogen (secondary N) is 1. The third kappa shape index (κ3) is 2.94. The average Bonchev–Trinajstić information content (AvgIpc) is 2.45. The molecule has 4 unspecified atom stereocenters. The average molecular weight is 210 g/mol. The third-order valence-corrected chi connectivity index (χ3v) is 4.30. The molecule has 2 nitrogen and oxygen atoms in total. The van der Waals surface area contributed by atoms with Crippen molar-refractivity contribution in [3.05, 3.63) is 0 Å². The molecule has 15 heavy (non-hydrogen) atoms. The first kappa shape index (κ1) is 11.4. The van der Waals surface area contributed by atoms with Gasteiger partial charge >= 0.3 is 0 Å². The second-order valence-electron chi connectivity index (χ2n) is 5.95. The van der Waals surface area contributed by atoms with Crippen molar-refractivity contribution in [1.29, 1.82) is 0 Å². The summed E-state index contributed by atoms with van der Waals surface area (Å²) in [5.74, 6) is 2.71. The molecule has 2 fully saturated rings. The maximum atomic E-state index is 3.66. The Morgan fingerprint density at radius 3 is 2.40 bits per heavy atom. The Balaban J connectivity index is 1.77. The van der Waals surface area contributed by atoms with E-state index in [1.807, 2.05) is 0 Å². The van der Waals surface area contributed by atoms with Gasteiger partial charge in [-0.05, 0) is 37.1 Å². The van der Waals surface area contributed by atoms with Crippen LogP contribution >= 0.6 is 0 Å². The number of rotatable bonds is 2. The van der Waals surface area contributed by atoms with Crippen LogP contribution in [0.1, 0.15) is 33.6 Å². The van der Waals surface area contributed by atoms with Crippen molar-refractivity contribution in [2.45, 2.75) is 39.7 Å². The Bertz CT molecular complexity index is 192. The highest BCUT2D eigenvalue weighted by atomic mass is 15.2. The summed E-state index contributed by atoms with van der Waals surface area (Å²) in [6.45, 7) is 12.3. The van der Waals surface area contributed by atoms with Crippen LogP contribution in [0.5, 0.6) is 0 Å². The first-order valence-electron chi connectivity index (χ1n) is 6.61. The van der Waals surface area contributed by atoms with Gasteiger partial charge in [-0.15, -0.1) is 0 Å².